The highest BCUT2D eigenvalue weighted by Crippen LogP contribution is 2.21. The van der Waals surface area contributed by atoms with Gasteiger partial charge in [-0.05, 0) is 43.7 Å². The first-order valence-corrected chi connectivity index (χ1v) is 8.04. The third-order valence-electron chi connectivity index (χ3n) is 3.48. The van der Waals surface area contributed by atoms with Crippen LogP contribution < -0.4 is 0 Å². The van der Waals surface area contributed by atoms with Gasteiger partial charge in [0.05, 0.1) is 11.1 Å². The molecule has 7 heteroatoms. The van der Waals surface area contributed by atoms with Crippen LogP contribution in [0, 0.1) is 0 Å². The molecule has 0 amide bonds. The number of esters is 1. The lowest BCUT2D eigenvalue weighted by molar-refractivity contribution is 0.0265. The predicted molar refractivity (Wildman–Crippen MR) is 88.9 cm³/mol. The molecular weight excluding hydrogens is 330 g/mol. The van der Waals surface area contributed by atoms with Crippen LogP contribution in [0.5, 0.6) is 0 Å². The first kappa shape index (κ1) is 16.4. The van der Waals surface area contributed by atoms with Crippen molar-refractivity contribution in [1.29, 1.82) is 0 Å². The lowest BCUT2D eigenvalue weighted by Crippen LogP contribution is -2.09. The topological polar surface area (TPSA) is 78.1 Å². The second-order valence-electron chi connectivity index (χ2n) is 5.39. The summed E-state index contributed by atoms with van der Waals surface area (Å²) in [6, 6.07) is 8.57. The van der Waals surface area contributed by atoms with E-state index in [0.29, 0.717) is 27.9 Å². The van der Waals surface area contributed by atoms with E-state index in [9.17, 15) is 4.79 Å². The molecule has 0 spiro atoms. The van der Waals surface area contributed by atoms with Crippen molar-refractivity contribution in [2.75, 3.05) is 0 Å². The van der Waals surface area contributed by atoms with Crippen LogP contribution in [0.1, 0.15) is 48.4 Å². The Morgan fingerprint density at radius 3 is 2.92 bits per heavy atom. The van der Waals surface area contributed by atoms with Gasteiger partial charge in [-0.1, -0.05) is 23.7 Å². The van der Waals surface area contributed by atoms with Gasteiger partial charge in [0.2, 0.25) is 0 Å². The van der Waals surface area contributed by atoms with Gasteiger partial charge in [0.25, 0.3) is 5.89 Å². The summed E-state index contributed by atoms with van der Waals surface area (Å²) < 4.78 is 10.5. The summed E-state index contributed by atoms with van der Waals surface area (Å²) in [6.45, 7) is 3.73. The Morgan fingerprint density at radius 1 is 1.29 bits per heavy atom. The monoisotopic (exact) mass is 345 g/mol. The van der Waals surface area contributed by atoms with Crippen molar-refractivity contribution in [2.24, 2.45) is 0 Å². The summed E-state index contributed by atoms with van der Waals surface area (Å²) in [7, 11) is 0. The van der Waals surface area contributed by atoms with Crippen LogP contribution in [-0.4, -0.2) is 21.1 Å². The van der Waals surface area contributed by atoms with Crippen molar-refractivity contribution >= 4 is 28.5 Å². The number of fused-ring (bicyclic) bond motifs is 1. The van der Waals surface area contributed by atoms with Gasteiger partial charge in [0.1, 0.15) is 5.15 Å². The molecule has 1 atom stereocenters. The average Bonchev–Trinajstić information content (AvgIpc) is 3.03. The highest BCUT2D eigenvalue weighted by Gasteiger charge is 2.19. The molecule has 1 aromatic carbocycles. The van der Waals surface area contributed by atoms with E-state index >= 15 is 0 Å². The number of hydrogen-bond acceptors (Lipinski definition) is 6. The number of carbonyl (C=O) groups is 1. The van der Waals surface area contributed by atoms with Crippen molar-refractivity contribution in [2.45, 2.75) is 32.8 Å². The first-order chi connectivity index (χ1) is 11.6. The van der Waals surface area contributed by atoms with Gasteiger partial charge in [-0.25, -0.2) is 9.78 Å². The van der Waals surface area contributed by atoms with E-state index in [4.69, 9.17) is 20.9 Å². The fourth-order valence-corrected chi connectivity index (χ4v) is 2.42. The number of aryl methyl sites for hydroxylation is 1. The minimum absolute atomic E-state index is 0.293. The predicted octanol–water partition coefficient (Wildman–Crippen LogP) is 4.14. The van der Waals surface area contributed by atoms with Crippen LogP contribution in [0.4, 0.5) is 0 Å². The van der Waals surface area contributed by atoms with Gasteiger partial charge < -0.3 is 9.26 Å². The van der Waals surface area contributed by atoms with Crippen LogP contribution in [0.25, 0.3) is 10.9 Å². The summed E-state index contributed by atoms with van der Waals surface area (Å²) >= 11 is 5.86. The van der Waals surface area contributed by atoms with Gasteiger partial charge in [-0.2, -0.15) is 4.98 Å². The molecular formula is C17H16ClN3O3. The summed E-state index contributed by atoms with van der Waals surface area (Å²) in [5.74, 6) is 0.444. The van der Waals surface area contributed by atoms with Crippen molar-refractivity contribution in [3.63, 3.8) is 0 Å². The van der Waals surface area contributed by atoms with Crippen molar-refractivity contribution < 1.29 is 14.1 Å². The Bertz CT molecular complexity index is 878. The molecule has 0 saturated heterocycles. The van der Waals surface area contributed by atoms with Gasteiger partial charge >= 0.3 is 5.97 Å². The fourth-order valence-electron chi connectivity index (χ4n) is 2.26. The molecule has 0 aliphatic heterocycles. The van der Waals surface area contributed by atoms with E-state index in [2.05, 4.69) is 15.1 Å². The Kier molecular flexibility index (Phi) is 4.76. The lowest BCUT2D eigenvalue weighted by atomic mass is 10.1. The number of hydrogen-bond donors (Lipinski definition) is 0. The number of benzene rings is 1. The molecule has 0 N–H and O–H groups in total. The highest BCUT2D eigenvalue weighted by molar-refractivity contribution is 6.29. The van der Waals surface area contributed by atoms with E-state index in [0.717, 1.165) is 18.2 Å². The number of pyridine rings is 1. The van der Waals surface area contributed by atoms with Crippen LogP contribution in [0.2, 0.25) is 5.15 Å². The molecule has 0 fully saturated rings. The lowest BCUT2D eigenvalue weighted by Gasteiger charge is -2.09. The molecule has 0 bridgehead atoms. The number of carbonyl (C=O) groups excluding carboxylic acids is 1. The standard InChI is InChI=1S/C17H16ClN3O3/c1-3-4-15-20-16(24-21-15)10(2)23-17(22)12-5-7-13-11(9-12)6-8-14(18)19-13/h5-10H,3-4H2,1-2H3. The van der Waals surface area contributed by atoms with E-state index < -0.39 is 12.1 Å². The molecule has 2 aromatic heterocycles. The first-order valence-electron chi connectivity index (χ1n) is 7.66. The number of nitrogens with zero attached hydrogens (tertiary/aromatic N) is 3. The number of aromatic nitrogens is 3. The molecule has 2 heterocycles. The third kappa shape index (κ3) is 3.54. The zero-order chi connectivity index (χ0) is 17.1. The van der Waals surface area contributed by atoms with Gasteiger partial charge in [-0.15, -0.1) is 0 Å². The van der Waals surface area contributed by atoms with E-state index in [1.54, 1.807) is 37.3 Å². The smallest absolute Gasteiger partial charge is 0.338 e. The average molecular weight is 346 g/mol. The minimum Gasteiger partial charge on any atom is -0.449 e. The SMILES string of the molecule is CCCc1noc(C(C)OC(=O)c2ccc3nc(Cl)ccc3c2)n1. The molecule has 0 aliphatic rings. The summed E-state index contributed by atoms with van der Waals surface area (Å²) in [4.78, 5) is 20.7. The molecule has 3 rings (SSSR count). The zero-order valence-electron chi connectivity index (χ0n) is 13.3. The van der Waals surface area contributed by atoms with Gasteiger partial charge in [-0.3, -0.25) is 0 Å². The summed E-state index contributed by atoms with van der Waals surface area (Å²) in [5.41, 5.74) is 1.14. The minimum atomic E-state index is -0.616. The normalized spacial score (nSPS) is 12.3. The number of halogens is 1. The Morgan fingerprint density at radius 2 is 2.12 bits per heavy atom. The van der Waals surface area contributed by atoms with Crippen molar-refractivity contribution in [3.05, 3.63) is 52.8 Å². The molecule has 124 valence electrons. The van der Waals surface area contributed by atoms with Crippen LogP contribution in [-0.2, 0) is 11.2 Å². The number of ether oxygens (including phenoxy) is 1. The quantitative estimate of drug-likeness (QED) is 0.510. The van der Waals surface area contributed by atoms with E-state index in [-0.39, 0.29) is 0 Å². The van der Waals surface area contributed by atoms with Crippen LogP contribution >= 0.6 is 11.6 Å². The summed E-state index contributed by atoms with van der Waals surface area (Å²) in [5, 5.41) is 5.08. The summed E-state index contributed by atoms with van der Waals surface area (Å²) in [6.07, 6.45) is 1.03. The van der Waals surface area contributed by atoms with E-state index in [1.807, 2.05) is 6.92 Å². The molecule has 1 unspecified atom stereocenters. The van der Waals surface area contributed by atoms with Crippen molar-refractivity contribution in [3.8, 4) is 0 Å². The van der Waals surface area contributed by atoms with Gasteiger partial charge in [0.15, 0.2) is 11.9 Å². The van der Waals surface area contributed by atoms with Gasteiger partial charge in [0, 0.05) is 11.8 Å². The molecule has 0 radical (unpaired) electrons. The second kappa shape index (κ2) is 6.97. The molecule has 6 nitrogen and oxygen atoms in total. The number of rotatable bonds is 5. The van der Waals surface area contributed by atoms with Crippen molar-refractivity contribution in [1.82, 2.24) is 15.1 Å². The zero-order valence-corrected chi connectivity index (χ0v) is 14.1. The fraction of sp³-hybridized carbons (Fsp3) is 0.294. The molecule has 0 aliphatic carbocycles. The van der Waals surface area contributed by atoms with Crippen LogP contribution in [0.3, 0.4) is 0 Å². The molecule has 3 aromatic rings. The maximum absolute atomic E-state index is 12.3. The third-order valence-corrected chi connectivity index (χ3v) is 3.69. The van der Waals surface area contributed by atoms with E-state index in [1.165, 1.54) is 0 Å². The second-order valence-corrected chi connectivity index (χ2v) is 5.78. The molecule has 24 heavy (non-hydrogen) atoms. The maximum Gasteiger partial charge on any atom is 0.338 e. The Labute approximate surface area is 143 Å². The van der Waals surface area contributed by atoms with Crippen LogP contribution in [0.15, 0.2) is 34.9 Å². The maximum atomic E-state index is 12.3. The Hall–Kier alpha value is -2.47. The molecule has 0 saturated carbocycles. The highest BCUT2D eigenvalue weighted by atomic mass is 35.5. The Balaban J connectivity index is 1.74. The largest absolute Gasteiger partial charge is 0.449 e.